The molecule has 0 radical (unpaired) electrons. The smallest absolute Gasteiger partial charge is 0.0561 e. The highest BCUT2D eigenvalue weighted by Gasteiger charge is 2.18. The highest BCUT2D eigenvalue weighted by atomic mass is 15.1. The molecule has 2 heteroatoms. The van der Waals surface area contributed by atoms with Crippen LogP contribution in [0.25, 0.3) is 70.9 Å². The number of hydrogen-bond donors (Lipinski definition) is 0. The second-order valence-corrected chi connectivity index (χ2v) is 13.0. The van der Waals surface area contributed by atoms with Crippen LogP contribution in [0.1, 0.15) is 0 Å². The monoisotopic (exact) mass is 636 g/mol. The molecule has 10 aromatic rings. The molecule has 0 aliphatic carbocycles. The number of benzene rings is 9. The van der Waals surface area contributed by atoms with Crippen LogP contribution in [-0.2, 0) is 0 Å². The lowest BCUT2D eigenvalue weighted by molar-refractivity contribution is 1.18. The number of aromatic nitrogens is 1. The SMILES string of the molecule is c1ccc(N(c2ccc(-c3cc4ccccc4c4ccc5ccccc5c34)cc2)c2ccc3c4ccccc4n(-c4ccccc4)c3c2)cc1. The van der Waals surface area contributed by atoms with Crippen molar-refractivity contribution >= 4 is 71.2 Å². The van der Waals surface area contributed by atoms with Crippen molar-refractivity contribution in [2.45, 2.75) is 0 Å². The highest BCUT2D eigenvalue weighted by Crippen LogP contribution is 2.42. The summed E-state index contributed by atoms with van der Waals surface area (Å²) < 4.78 is 2.38. The lowest BCUT2D eigenvalue weighted by Crippen LogP contribution is -2.10. The first kappa shape index (κ1) is 28.4. The molecule has 1 heterocycles. The maximum Gasteiger partial charge on any atom is 0.0561 e. The van der Waals surface area contributed by atoms with E-state index in [1.165, 1.54) is 65.3 Å². The summed E-state index contributed by atoms with van der Waals surface area (Å²) in [6.45, 7) is 0. The molecule has 0 atom stereocenters. The van der Waals surface area contributed by atoms with Crippen molar-refractivity contribution in [3.8, 4) is 16.8 Å². The largest absolute Gasteiger partial charge is 0.310 e. The molecule has 10 rings (SSSR count). The van der Waals surface area contributed by atoms with Crippen LogP contribution >= 0.6 is 0 Å². The van der Waals surface area contributed by atoms with Crippen LogP contribution in [-0.4, -0.2) is 4.57 Å². The predicted octanol–water partition coefficient (Wildman–Crippen LogP) is 13.4. The summed E-state index contributed by atoms with van der Waals surface area (Å²) in [6, 6.07) is 70.4. The zero-order valence-corrected chi connectivity index (χ0v) is 27.4. The van der Waals surface area contributed by atoms with Crippen molar-refractivity contribution in [3.05, 3.63) is 194 Å². The predicted molar refractivity (Wildman–Crippen MR) is 213 cm³/mol. The number of anilines is 3. The Morgan fingerprint density at radius 3 is 1.72 bits per heavy atom. The minimum Gasteiger partial charge on any atom is -0.310 e. The van der Waals surface area contributed by atoms with Gasteiger partial charge in [-0.3, -0.25) is 0 Å². The molecule has 0 aliphatic rings. The maximum atomic E-state index is 2.38. The molecule has 0 saturated heterocycles. The molecule has 1 aromatic heterocycles. The highest BCUT2D eigenvalue weighted by molar-refractivity contribution is 6.23. The molecule has 0 bridgehead atoms. The summed E-state index contributed by atoms with van der Waals surface area (Å²) in [5, 5.41) is 10.2. The van der Waals surface area contributed by atoms with Crippen molar-refractivity contribution < 1.29 is 0 Å². The van der Waals surface area contributed by atoms with Crippen LogP contribution in [0, 0.1) is 0 Å². The molecular weight excluding hydrogens is 605 g/mol. The average Bonchev–Trinajstić information content (AvgIpc) is 3.52. The van der Waals surface area contributed by atoms with E-state index in [1.54, 1.807) is 0 Å². The van der Waals surface area contributed by atoms with Gasteiger partial charge in [0.25, 0.3) is 0 Å². The molecule has 0 fully saturated rings. The van der Waals surface area contributed by atoms with E-state index >= 15 is 0 Å². The molecule has 0 saturated carbocycles. The summed E-state index contributed by atoms with van der Waals surface area (Å²) in [6.07, 6.45) is 0. The fourth-order valence-electron chi connectivity index (χ4n) is 7.88. The van der Waals surface area contributed by atoms with E-state index < -0.39 is 0 Å². The lowest BCUT2D eigenvalue weighted by atomic mass is 9.90. The van der Waals surface area contributed by atoms with Gasteiger partial charge in [-0.1, -0.05) is 133 Å². The molecule has 234 valence electrons. The molecule has 2 nitrogen and oxygen atoms in total. The van der Waals surface area contributed by atoms with E-state index in [9.17, 15) is 0 Å². The second-order valence-electron chi connectivity index (χ2n) is 13.0. The number of para-hydroxylation sites is 3. The van der Waals surface area contributed by atoms with Gasteiger partial charge < -0.3 is 9.47 Å². The van der Waals surface area contributed by atoms with Gasteiger partial charge in [-0.15, -0.1) is 0 Å². The van der Waals surface area contributed by atoms with Gasteiger partial charge in [-0.05, 0) is 104 Å². The third kappa shape index (κ3) is 4.50. The van der Waals surface area contributed by atoms with E-state index in [0.29, 0.717) is 0 Å². The quantitative estimate of drug-likeness (QED) is 0.171. The average molecular weight is 637 g/mol. The molecule has 0 unspecified atom stereocenters. The summed E-state index contributed by atoms with van der Waals surface area (Å²) in [5.74, 6) is 0. The van der Waals surface area contributed by atoms with Crippen LogP contribution < -0.4 is 4.90 Å². The van der Waals surface area contributed by atoms with E-state index in [4.69, 9.17) is 0 Å². The molecular formula is C48H32N2. The Bertz CT molecular complexity index is 2850. The fraction of sp³-hybridized carbons (Fsp3) is 0. The van der Waals surface area contributed by atoms with Gasteiger partial charge in [0.05, 0.1) is 11.0 Å². The topological polar surface area (TPSA) is 8.17 Å². The van der Waals surface area contributed by atoms with Crippen molar-refractivity contribution in [1.29, 1.82) is 0 Å². The summed E-state index contributed by atoms with van der Waals surface area (Å²) in [7, 11) is 0. The first-order chi connectivity index (χ1) is 24.8. The number of rotatable bonds is 5. The van der Waals surface area contributed by atoms with Gasteiger partial charge in [0, 0.05) is 33.5 Å². The molecule has 0 aliphatic heterocycles. The van der Waals surface area contributed by atoms with Crippen molar-refractivity contribution in [2.75, 3.05) is 4.90 Å². The van der Waals surface area contributed by atoms with Gasteiger partial charge in [-0.25, -0.2) is 0 Å². The van der Waals surface area contributed by atoms with Crippen molar-refractivity contribution in [2.24, 2.45) is 0 Å². The summed E-state index contributed by atoms with van der Waals surface area (Å²) in [5.41, 5.74) is 9.33. The summed E-state index contributed by atoms with van der Waals surface area (Å²) >= 11 is 0. The molecule has 0 N–H and O–H groups in total. The Morgan fingerprint density at radius 2 is 0.920 bits per heavy atom. The molecule has 50 heavy (non-hydrogen) atoms. The van der Waals surface area contributed by atoms with Gasteiger partial charge in [0.1, 0.15) is 0 Å². The van der Waals surface area contributed by atoms with Gasteiger partial charge >= 0.3 is 0 Å². The lowest BCUT2D eigenvalue weighted by Gasteiger charge is -2.26. The molecule has 0 amide bonds. The second kappa shape index (κ2) is 11.5. The van der Waals surface area contributed by atoms with Crippen LogP contribution in [0.5, 0.6) is 0 Å². The molecule has 9 aromatic carbocycles. The van der Waals surface area contributed by atoms with Gasteiger partial charge in [0.2, 0.25) is 0 Å². The Labute approximate surface area is 290 Å². The number of nitrogens with zero attached hydrogens (tertiary/aromatic N) is 2. The normalized spacial score (nSPS) is 11.6. The fourth-order valence-corrected chi connectivity index (χ4v) is 7.88. The van der Waals surface area contributed by atoms with Crippen molar-refractivity contribution in [1.82, 2.24) is 4.57 Å². The minimum absolute atomic E-state index is 1.11. The zero-order chi connectivity index (χ0) is 33.0. The van der Waals surface area contributed by atoms with E-state index in [0.717, 1.165) is 22.7 Å². The Kier molecular flexibility index (Phi) is 6.53. The van der Waals surface area contributed by atoms with E-state index in [2.05, 4.69) is 204 Å². The minimum atomic E-state index is 1.11. The number of fused-ring (bicyclic) bond motifs is 8. The zero-order valence-electron chi connectivity index (χ0n) is 27.4. The standard InChI is InChI=1S/C48H32N2/c1-3-15-36(16-4-1)49(39-28-30-43-42-21-11-12-22-46(42)50(47(43)32-39)37-17-5-2-6-18-37)38-26-23-34(24-27-38)45-31-35-14-8-9-19-40(35)44-29-25-33-13-7-10-20-41(33)48(44)45/h1-32H. The van der Waals surface area contributed by atoms with Gasteiger partial charge in [-0.2, -0.15) is 0 Å². The Morgan fingerprint density at radius 1 is 0.340 bits per heavy atom. The summed E-state index contributed by atoms with van der Waals surface area (Å²) in [4.78, 5) is 2.37. The third-order valence-corrected chi connectivity index (χ3v) is 10.1. The first-order valence-corrected chi connectivity index (χ1v) is 17.2. The van der Waals surface area contributed by atoms with Crippen LogP contribution in [0.2, 0.25) is 0 Å². The van der Waals surface area contributed by atoms with Gasteiger partial charge in [0.15, 0.2) is 0 Å². The van der Waals surface area contributed by atoms with Crippen LogP contribution in [0.3, 0.4) is 0 Å². The Balaban J connectivity index is 1.16. The third-order valence-electron chi connectivity index (χ3n) is 10.1. The first-order valence-electron chi connectivity index (χ1n) is 17.2. The van der Waals surface area contributed by atoms with Crippen LogP contribution in [0.15, 0.2) is 194 Å². The Hall–Kier alpha value is -6.64. The van der Waals surface area contributed by atoms with E-state index in [-0.39, 0.29) is 0 Å². The van der Waals surface area contributed by atoms with E-state index in [1.807, 2.05) is 0 Å². The number of hydrogen-bond acceptors (Lipinski definition) is 1. The molecule has 0 spiro atoms. The van der Waals surface area contributed by atoms with Crippen molar-refractivity contribution in [3.63, 3.8) is 0 Å². The van der Waals surface area contributed by atoms with Crippen LogP contribution in [0.4, 0.5) is 17.1 Å². The maximum absolute atomic E-state index is 2.38.